The number of nitrogens with one attached hydrogen (secondary N) is 1. The molecule has 1 heterocycles. The van der Waals surface area contributed by atoms with Crippen molar-refractivity contribution in [2.45, 2.75) is 11.8 Å². The zero-order chi connectivity index (χ0) is 24.7. The van der Waals surface area contributed by atoms with E-state index in [0.29, 0.717) is 24.3 Å². The first-order valence-corrected chi connectivity index (χ1v) is 13.4. The Morgan fingerprint density at radius 2 is 1.46 bits per heavy atom. The van der Waals surface area contributed by atoms with E-state index in [2.05, 4.69) is 39.4 Å². The minimum atomic E-state index is -3.71. The maximum absolute atomic E-state index is 13.1. The van der Waals surface area contributed by atoms with Gasteiger partial charge in [-0.25, -0.2) is 8.42 Å². The van der Waals surface area contributed by atoms with E-state index in [4.69, 9.17) is 0 Å². The first-order chi connectivity index (χ1) is 17.0. The Balaban J connectivity index is 1.28. The average Bonchev–Trinajstić information content (AvgIpc) is 2.90. The number of hydrogen-bond acceptors (Lipinski definition) is 5. The Labute approximate surface area is 208 Å². The minimum absolute atomic E-state index is 0.163. The van der Waals surface area contributed by atoms with Crippen molar-refractivity contribution in [1.82, 2.24) is 10.2 Å². The van der Waals surface area contributed by atoms with Gasteiger partial charge in [0, 0.05) is 57.1 Å². The Kier molecular flexibility index (Phi) is 8.05. The average molecular weight is 493 g/mol. The number of rotatable bonds is 9. The summed E-state index contributed by atoms with van der Waals surface area (Å²) >= 11 is 0. The number of para-hydroxylation sites is 2. The third-order valence-electron chi connectivity index (χ3n) is 6.24. The molecule has 1 amide bonds. The van der Waals surface area contributed by atoms with Gasteiger partial charge in [-0.2, -0.15) is 0 Å². The summed E-state index contributed by atoms with van der Waals surface area (Å²) in [5.41, 5.74) is 2.30. The van der Waals surface area contributed by atoms with E-state index in [1.165, 1.54) is 22.1 Å². The summed E-state index contributed by atoms with van der Waals surface area (Å²) < 4.78 is 27.6. The molecule has 0 unspecified atom stereocenters. The van der Waals surface area contributed by atoms with Crippen LogP contribution in [0.5, 0.6) is 0 Å². The Morgan fingerprint density at radius 3 is 2.06 bits per heavy atom. The molecule has 0 bridgehead atoms. The normalized spacial score (nSPS) is 14.5. The summed E-state index contributed by atoms with van der Waals surface area (Å²) in [7, 11) is -3.71. The maximum Gasteiger partial charge on any atom is 0.264 e. The molecule has 0 spiro atoms. The fourth-order valence-corrected chi connectivity index (χ4v) is 5.76. The SMILES string of the molecule is CCN(c1ccccc1)S(=O)(=O)c1ccc(C(=O)NCCN2CCN(c3ccccc3)CC2)cc1. The number of anilines is 2. The van der Waals surface area contributed by atoms with Crippen LogP contribution in [-0.2, 0) is 10.0 Å². The van der Waals surface area contributed by atoms with E-state index in [-0.39, 0.29) is 10.8 Å². The third kappa shape index (κ3) is 6.01. The van der Waals surface area contributed by atoms with Gasteiger partial charge < -0.3 is 10.2 Å². The molecule has 0 saturated carbocycles. The van der Waals surface area contributed by atoms with Gasteiger partial charge in [0.15, 0.2) is 0 Å². The lowest BCUT2D eigenvalue weighted by molar-refractivity contribution is 0.0947. The summed E-state index contributed by atoms with van der Waals surface area (Å²) in [6.45, 7) is 7.27. The highest BCUT2D eigenvalue weighted by Gasteiger charge is 2.24. The number of sulfonamides is 1. The molecule has 8 heteroatoms. The second-order valence-electron chi connectivity index (χ2n) is 8.45. The molecule has 4 rings (SSSR count). The molecular weight excluding hydrogens is 460 g/mol. The second-order valence-corrected chi connectivity index (χ2v) is 10.3. The molecule has 184 valence electrons. The maximum atomic E-state index is 13.1. The van der Waals surface area contributed by atoms with E-state index < -0.39 is 10.0 Å². The van der Waals surface area contributed by atoms with Gasteiger partial charge in [-0.3, -0.25) is 14.0 Å². The van der Waals surface area contributed by atoms with E-state index in [0.717, 1.165) is 32.7 Å². The molecule has 1 saturated heterocycles. The van der Waals surface area contributed by atoms with E-state index >= 15 is 0 Å². The Hall–Kier alpha value is -3.36. The topological polar surface area (TPSA) is 73.0 Å². The number of carbonyl (C=O) groups is 1. The lowest BCUT2D eigenvalue weighted by Crippen LogP contribution is -2.48. The summed E-state index contributed by atoms with van der Waals surface area (Å²) in [5.74, 6) is -0.202. The fourth-order valence-electron chi connectivity index (χ4n) is 4.29. The molecular formula is C27H32N4O3S. The van der Waals surface area contributed by atoms with Crippen LogP contribution in [0.15, 0.2) is 89.8 Å². The van der Waals surface area contributed by atoms with Crippen molar-refractivity contribution in [2.24, 2.45) is 0 Å². The van der Waals surface area contributed by atoms with Crippen molar-refractivity contribution < 1.29 is 13.2 Å². The van der Waals surface area contributed by atoms with Crippen molar-refractivity contribution in [3.8, 4) is 0 Å². The zero-order valence-electron chi connectivity index (χ0n) is 20.0. The van der Waals surface area contributed by atoms with Gasteiger partial charge in [-0.1, -0.05) is 36.4 Å². The predicted molar refractivity (Wildman–Crippen MR) is 141 cm³/mol. The van der Waals surface area contributed by atoms with Crippen LogP contribution in [0.2, 0.25) is 0 Å². The molecule has 3 aromatic carbocycles. The van der Waals surface area contributed by atoms with Crippen LogP contribution >= 0.6 is 0 Å². The Morgan fingerprint density at radius 1 is 0.857 bits per heavy atom. The molecule has 0 radical (unpaired) electrons. The lowest BCUT2D eigenvalue weighted by atomic mass is 10.2. The van der Waals surface area contributed by atoms with Gasteiger partial charge in [-0.15, -0.1) is 0 Å². The molecule has 1 N–H and O–H groups in total. The molecule has 0 aliphatic carbocycles. The molecule has 35 heavy (non-hydrogen) atoms. The van der Waals surface area contributed by atoms with Crippen LogP contribution in [0.25, 0.3) is 0 Å². The molecule has 0 aromatic heterocycles. The number of carbonyl (C=O) groups excluding carboxylic acids is 1. The highest BCUT2D eigenvalue weighted by molar-refractivity contribution is 7.92. The number of benzene rings is 3. The predicted octanol–water partition coefficient (Wildman–Crippen LogP) is 3.45. The van der Waals surface area contributed by atoms with E-state index in [1.54, 1.807) is 31.2 Å². The molecule has 3 aromatic rings. The van der Waals surface area contributed by atoms with Crippen LogP contribution in [0.3, 0.4) is 0 Å². The number of nitrogens with zero attached hydrogens (tertiary/aromatic N) is 3. The monoisotopic (exact) mass is 492 g/mol. The van der Waals surface area contributed by atoms with Crippen molar-refractivity contribution in [2.75, 3.05) is 55.0 Å². The Bertz CT molecular complexity index is 1190. The molecule has 1 fully saturated rings. The number of amides is 1. The van der Waals surface area contributed by atoms with Gasteiger partial charge in [0.1, 0.15) is 0 Å². The molecule has 1 aliphatic rings. The third-order valence-corrected chi connectivity index (χ3v) is 8.16. The first-order valence-electron chi connectivity index (χ1n) is 12.0. The zero-order valence-corrected chi connectivity index (χ0v) is 20.8. The van der Waals surface area contributed by atoms with Crippen LogP contribution in [0, 0.1) is 0 Å². The highest BCUT2D eigenvalue weighted by atomic mass is 32.2. The van der Waals surface area contributed by atoms with Crippen molar-refractivity contribution in [3.05, 3.63) is 90.5 Å². The van der Waals surface area contributed by atoms with Crippen LogP contribution in [0.4, 0.5) is 11.4 Å². The standard InChI is InChI=1S/C27H32N4O3S/c1-2-31(25-11-7-4-8-12-25)35(33,34)26-15-13-23(14-16-26)27(32)28-17-18-29-19-21-30(22-20-29)24-9-5-3-6-10-24/h3-16H,2,17-22H2,1H3,(H,28,32). The quantitative estimate of drug-likeness (QED) is 0.495. The van der Waals surface area contributed by atoms with Crippen LogP contribution < -0.4 is 14.5 Å². The van der Waals surface area contributed by atoms with Gasteiger partial charge in [0.25, 0.3) is 15.9 Å². The summed E-state index contributed by atoms with van der Waals surface area (Å²) in [4.78, 5) is 17.5. The van der Waals surface area contributed by atoms with Crippen LogP contribution in [-0.4, -0.2) is 65.0 Å². The first kappa shape index (κ1) is 24.8. The summed E-state index contributed by atoms with van der Waals surface area (Å²) in [6.07, 6.45) is 0. The van der Waals surface area contributed by atoms with Gasteiger partial charge in [0.2, 0.25) is 0 Å². The van der Waals surface area contributed by atoms with Crippen molar-refractivity contribution in [1.29, 1.82) is 0 Å². The fraction of sp³-hybridized carbons (Fsp3) is 0.296. The van der Waals surface area contributed by atoms with E-state index in [1.807, 2.05) is 24.3 Å². The number of hydrogen-bond donors (Lipinski definition) is 1. The minimum Gasteiger partial charge on any atom is -0.369 e. The smallest absolute Gasteiger partial charge is 0.264 e. The highest BCUT2D eigenvalue weighted by Crippen LogP contribution is 2.23. The summed E-state index contributed by atoms with van der Waals surface area (Å²) in [6, 6.07) is 25.5. The number of piperazine rings is 1. The second kappa shape index (κ2) is 11.4. The van der Waals surface area contributed by atoms with Crippen LogP contribution in [0.1, 0.15) is 17.3 Å². The molecule has 0 atom stereocenters. The van der Waals surface area contributed by atoms with Gasteiger partial charge in [0.05, 0.1) is 10.6 Å². The van der Waals surface area contributed by atoms with E-state index in [9.17, 15) is 13.2 Å². The van der Waals surface area contributed by atoms with Gasteiger partial charge >= 0.3 is 0 Å². The molecule has 7 nitrogen and oxygen atoms in total. The molecule has 1 aliphatic heterocycles. The van der Waals surface area contributed by atoms with Crippen molar-refractivity contribution >= 4 is 27.3 Å². The van der Waals surface area contributed by atoms with Gasteiger partial charge in [-0.05, 0) is 55.5 Å². The summed E-state index contributed by atoms with van der Waals surface area (Å²) in [5, 5.41) is 2.95. The van der Waals surface area contributed by atoms with Crippen molar-refractivity contribution in [3.63, 3.8) is 0 Å². The largest absolute Gasteiger partial charge is 0.369 e. The lowest BCUT2D eigenvalue weighted by Gasteiger charge is -2.36.